The van der Waals surface area contributed by atoms with Crippen LogP contribution in [0.2, 0.25) is 0 Å². The van der Waals surface area contributed by atoms with Gasteiger partial charge in [0.25, 0.3) is 0 Å². The number of hydrogen-bond donors (Lipinski definition) is 2. The average Bonchev–Trinajstić information content (AvgIpc) is 2.27. The van der Waals surface area contributed by atoms with Crippen LogP contribution in [0.1, 0.15) is 11.1 Å². The molecule has 0 unspecified atom stereocenters. The summed E-state index contributed by atoms with van der Waals surface area (Å²) in [5, 5.41) is 9.79. The Morgan fingerprint density at radius 2 is 2.00 bits per heavy atom. The van der Waals surface area contributed by atoms with Gasteiger partial charge in [-0.15, -0.1) is 0 Å². The molecule has 0 spiro atoms. The summed E-state index contributed by atoms with van der Waals surface area (Å²) in [6.45, 7) is 0. The quantitative estimate of drug-likeness (QED) is 0.582. The number of aromatic hydroxyl groups is 1. The molecular weight excluding hydrogens is 218 g/mol. The Hall–Kier alpha value is -1.61. The van der Waals surface area contributed by atoms with Crippen molar-refractivity contribution in [3.05, 3.63) is 47.5 Å². The average molecular weight is 229 g/mol. The molecule has 1 heterocycles. The van der Waals surface area contributed by atoms with Crippen LogP contribution in [0.4, 0.5) is 5.69 Å². The molecule has 1 aliphatic heterocycles. The number of nitrogen functional groups attached to an aromatic ring is 1. The maximum atomic E-state index is 9.79. The molecule has 1 aliphatic rings. The monoisotopic (exact) mass is 229 g/mol. The largest absolute Gasteiger partial charge is 0.507 e. The summed E-state index contributed by atoms with van der Waals surface area (Å²) >= 11 is 1.61. The second-order valence-corrected chi connectivity index (χ2v) is 4.96. The highest BCUT2D eigenvalue weighted by molar-refractivity contribution is 7.99. The Bertz CT molecular complexity index is 566. The van der Waals surface area contributed by atoms with Crippen LogP contribution in [-0.2, 0) is 6.42 Å². The fourth-order valence-corrected chi connectivity index (χ4v) is 3.04. The van der Waals surface area contributed by atoms with Crippen LogP contribution in [0.3, 0.4) is 0 Å². The third-order valence-electron chi connectivity index (χ3n) is 2.75. The van der Waals surface area contributed by atoms with E-state index in [-0.39, 0.29) is 0 Å². The second kappa shape index (κ2) is 3.46. The van der Waals surface area contributed by atoms with Crippen LogP contribution < -0.4 is 5.73 Å². The van der Waals surface area contributed by atoms with Gasteiger partial charge in [0.2, 0.25) is 0 Å². The molecule has 0 saturated heterocycles. The summed E-state index contributed by atoms with van der Waals surface area (Å²) in [4.78, 5) is 2.16. The summed E-state index contributed by atoms with van der Waals surface area (Å²) in [5.41, 5.74) is 8.98. The standard InChI is InChI=1S/C13H11NOS/c14-10-4-5-12-9(7-10)6-8-2-1-3-11(15)13(8)16-12/h1-5,7,15H,6,14H2. The van der Waals surface area contributed by atoms with Gasteiger partial charge in [-0.25, -0.2) is 0 Å². The minimum Gasteiger partial charge on any atom is -0.507 e. The first kappa shape index (κ1) is 9.60. The molecule has 2 nitrogen and oxygen atoms in total. The molecule has 3 rings (SSSR count). The molecule has 0 amide bonds. The van der Waals surface area contributed by atoms with Crippen LogP contribution in [0.25, 0.3) is 0 Å². The van der Waals surface area contributed by atoms with E-state index in [1.807, 2.05) is 30.3 Å². The first-order chi connectivity index (χ1) is 7.74. The molecular formula is C13H11NOS. The second-order valence-electron chi connectivity index (χ2n) is 3.91. The molecule has 0 aromatic heterocycles. The van der Waals surface area contributed by atoms with E-state index in [1.54, 1.807) is 17.8 Å². The van der Waals surface area contributed by atoms with Crippen molar-refractivity contribution in [2.24, 2.45) is 0 Å². The SMILES string of the molecule is Nc1ccc2c(c1)Cc1cccc(O)c1S2. The first-order valence-electron chi connectivity index (χ1n) is 5.11. The van der Waals surface area contributed by atoms with Gasteiger partial charge in [-0.2, -0.15) is 0 Å². The van der Waals surface area contributed by atoms with Crippen LogP contribution in [0, 0.1) is 0 Å². The molecule has 0 fully saturated rings. The van der Waals surface area contributed by atoms with E-state index < -0.39 is 0 Å². The molecule has 80 valence electrons. The topological polar surface area (TPSA) is 46.2 Å². The van der Waals surface area contributed by atoms with E-state index in [0.29, 0.717) is 5.75 Å². The van der Waals surface area contributed by atoms with E-state index in [1.165, 1.54) is 16.0 Å². The summed E-state index contributed by atoms with van der Waals surface area (Å²) in [6.07, 6.45) is 0.844. The minimum atomic E-state index is 0.366. The lowest BCUT2D eigenvalue weighted by atomic mass is 10.0. The summed E-state index contributed by atoms with van der Waals surface area (Å²) in [7, 11) is 0. The van der Waals surface area contributed by atoms with Gasteiger partial charge in [0.1, 0.15) is 5.75 Å². The number of benzene rings is 2. The predicted molar refractivity (Wildman–Crippen MR) is 65.9 cm³/mol. The molecule has 0 bridgehead atoms. The zero-order valence-electron chi connectivity index (χ0n) is 8.60. The van der Waals surface area contributed by atoms with Crippen molar-refractivity contribution in [2.75, 3.05) is 5.73 Å². The number of phenols is 1. The zero-order chi connectivity index (χ0) is 11.1. The number of rotatable bonds is 0. The van der Waals surface area contributed by atoms with Crippen molar-refractivity contribution in [1.82, 2.24) is 0 Å². The Kier molecular flexibility index (Phi) is 2.07. The van der Waals surface area contributed by atoms with Crippen molar-refractivity contribution in [2.45, 2.75) is 16.2 Å². The third kappa shape index (κ3) is 1.44. The van der Waals surface area contributed by atoms with Gasteiger partial charge in [0.15, 0.2) is 0 Å². The number of hydrogen-bond acceptors (Lipinski definition) is 3. The maximum Gasteiger partial charge on any atom is 0.129 e. The normalized spacial score (nSPS) is 13.0. The van der Waals surface area contributed by atoms with Gasteiger partial charge in [-0.3, -0.25) is 0 Å². The molecule has 0 atom stereocenters. The Morgan fingerprint density at radius 3 is 2.88 bits per heavy atom. The van der Waals surface area contributed by atoms with Crippen LogP contribution >= 0.6 is 11.8 Å². The summed E-state index contributed by atoms with van der Waals surface area (Å²) in [6, 6.07) is 11.6. The number of nitrogens with two attached hydrogens (primary N) is 1. The van der Waals surface area contributed by atoms with Gasteiger partial charge in [-0.1, -0.05) is 23.9 Å². The van der Waals surface area contributed by atoms with Crippen molar-refractivity contribution in [1.29, 1.82) is 0 Å². The first-order valence-corrected chi connectivity index (χ1v) is 5.93. The lowest BCUT2D eigenvalue weighted by Crippen LogP contribution is -2.00. The Morgan fingerprint density at radius 1 is 1.12 bits per heavy atom. The molecule has 16 heavy (non-hydrogen) atoms. The number of fused-ring (bicyclic) bond motifs is 2. The Labute approximate surface area is 98.1 Å². The number of phenolic OH excluding ortho intramolecular Hbond substituents is 1. The highest BCUT2D eigenvalue weighted by Gasteiger charge is 2.18. The van der Waals surface area contributed by atoms with Gasteiger partial charge >= 0.3 is 0 Å². The van der Waals surface area contributed by atoms with Crippen molar-refractivity contribution >= 4 is 17.4 Å². The van der Waals surface area contributed by atoms with Gasteiger partial charge in [0, 0.05) is 10.6 Å². The van der Waals surface area contributed by atoms with E-state index in [4.69, 9.17) is 5.73 Å². The number of anilines is 1. The maximum absolute atomic E-state index is 9.79. The van der Waals surface area contributed by atoms with E-state index in [2.05, 4.69) is 0 Å². The van der Waals surface area contributed by atoms with E-state index in [9.17, 15) is 5.11 Å². The molecule has 2 aromatic rings. The molecule has 0 aliphatic carbocycles. The smallest absolute Gasteiger partial charge is 0.129 e. The molecule has 0 radical (unpaired) electrons. The van der Waals surface area contributed by atoms with E-state index >= 15 is 0 Å². The van der Waals surface area contributed by atoms with Crippen molar-refractivity contribution in [3.8, 4) is 5.75 Å². The summed E-state index contributed by atoms with van der Waals surface area (Å²) < 4.78 is 0. The van der Waals surface area contributed by atoms with Gasteiger partial charge in [-0.05, 0) is 41.8 Å². The van der Waals surface area contributed by atoms with Crippen LogP contribution in [0.15, 0.2) is 46.2 Å². The lowest BCUT2D eigenvalue weighted by molar-refractivity contribution is 0.461. The fourth-order valence-electron chi connectivity index (χ4n) is 1.98. The Balaban J connectivity index is 2.13. The minimum absolute atomic E-state index is 0.366. The highest BCUT2D eigenvalue weighted by Crippen LogP contribution is 2.44. The van der Waals surface area contributed by atoms with E-state index in [0.717, 1.165) is 17.0 Å². The molecule has 2 aromatic carbocycles. The molecule has 3 N–H and O–H groups in total. The molecule has 3 heteroatoms. The fraction of sp³-hybridized carbons (Fsp3) is 0.0769. The van der Waals surface area contributed by atoms with Crippen LogP contribution in [-0.4, -0.2) is 5.11 Å². The zero-order valence-corrected chi connectivity index (χ0v) is 9.42. The molecule has 0 saturated carbocycles. The van der Waals surface area contributed by atoms with Crippen LogP contribution in [0.5, 0.6) is 5.75 Å². The third-order valence-corrected chi connectivity index (χ3v) is 4.05. The predicted octanol–water partition coefficient (Wildman–Crippen LogP) is 3.03. The summed E-state index contributed by atoms with van der Waals surface area (Å²) in [5.74, 6) is 0.366. The van der Waals surface area contributed by atoms with Gasteiger partial charge in [0.05, 0.1) is 4.90 Å². The van der Waals surface area contributed by atoms with Gasteiger partial charge < -0.3 is 10.8 Å². The van der Waals surface area contributed by atoms with Crippen molar-refractivity contribution in [3.63, 3.8) is 0 Å². The highest BCUT2D eigenvalue weighted by atomic mass is 32.2. The lowest BCUT2D eigenvalue weighted by Gasteiger charge is -2.19. The van der Waals surface area contributed by atoms with Crippen molar-refractivity contribution < 1.29 is 5.11 Å².